The van der Waals surface area contributed by atoms with Crippen LogP contribution in [0.5, 0.6) is 0 Å². The summed E-state index contributed by atoms with van der Waals surface area (Å²) in [6, 6.07) is 9.99. The monoisotopic (exact) mass is 420 g/mol. The van der Waals surface area contributed by atoms with E-state index < -0.39 is 27.9 Å². The Labute approximate surface area is 170 Å². The normalized spacial score (nSPS) is 12.3. The highest BCUT2D eigenvalue weighted by Crippen LogP contribution is 2.19. The number of carbonyl (C=O) groups is 2. The summed E-state index contributed by atoms with van der Waals surface area (Å²) < 4.78 is 36.8. The van der Waals surface area contributed by atoms with Crippen molar-refractivity contribution >= 4 is 27.6 Å². The zero-order chi connectivity index (χ0) is 21.6. The summed E-state index contributed by atoms with van der Waals surface area (Å²) in [7, 11) is -0.955. The van der Waals surface area contributed by atoms with Crippen molar-refractivity contribution in [1.82, 2.24) is 4.72 Å². The summed E-state index contributed by atoms with van der Waals surface area (Å²) in [5, 5.41) is 2.72. The Morgan fingerprint density at radius 2 is 1.66 bits per heavy atom. The van der Waals surface area contributed by atoms with Crippen LogP contribution in [0.4, 0.5) is 5.69 Å². The first-order valence-electron chi connectivity index (χ1n) is 8.79. The zero-order valence-electron chi connectivity index (χ0n) is 16.7. The van der Waals surface area contributed by atoms with Crippen molar-refractivity contribution in [1.29, 1.82) is 0 Å². The third-order valence-electron chi connectivity index (χ3n) is 4.11. The van der Waals surface area contributed by atoms with Crippen molar-refractivity contribution in [3.63, 3.8) is 0 Å². The van der Waals surface area contributed by atoms with Crippen LogP contribution in [0.15, 0.2) is 47.4 Å². The van der Waals surface area contributed by atoms with E-state index in [0.717, 1.165) is 5.56 Å². The molecule has 0 aliphatic carbocycles. The maximum absolute atomic E-state index is 12.5. The number of rotatable bonds is 8. The maximum atomic E-state index is 12.5. The number of sulfonamides is 1. The summed E-state index contributed by atoms with van der Waals surface area (Å²) in [6.45, 7) is 3.72. The van der Waals surface area contributed by atoms with Gasteiger partial charge in [-0.3, -0.25) is 4.79 Å². The average molecular weight is 420 g/mol. The Kier molecular flexibility index (Phi) is 7.49. The SMILES string of the molecule is COC[C@H](C)NS(=O)(=O)c1ccc(C(=O)Nc2cc(C(=O)OC)ccc2C)cc1. The van der Waals surface area contributed by atoms with Gasteiger partial charge >= 0.3 is 5.97 Å². The highest BCUT2D eigenvalue weighted by molar-refractivity contribution is 7.89. The molecule has 0 fully saturated rings. The number of amides is 1. The second-order valence-corrected chi connectivity index (χ2v) is 8.19. The molecule has 0 saturated heterocycles. The van der Waals surface area contributed by atoms with Gasteiger partial charge in [-0.2, -0.15) is 0 Å². The fraction of sp³-hybridized carbons (Fsp3) is 0.300. The van der Waals surface area contributed by atoms with Gasteiger partial charge in [0.1, 0.15) is 0 Å². The summed E-state index contributed by atoms with van der Waals surface area (Å²) in [6.07, 6.45) is 0. The minimum Gasteiger partial charge on any atom is -0.465 e. The first-order valence-corrected chi connectivity index (χ1v) is 10.3. The zero-order valence-corrected chi connectivity index (χ0v) is 17.5. The van der Waals surface area contributed by atoms with Crippen molar-refractivity contribution in [3.8, 4) is 0 Å². The molecule has 0 aliphatic rings. The van der Waals surface area contributed by atoms with Crippen molar-refractivity contribution in [2.75, 3.05) is 26.1 Å². The van der Waals surface area contributed by atoms with E-state index in [-0.39, 0.29) is 17.1 Å². The summed E-state index contributed by atoms with van der Waals surface area (Å²) >= 11 is 0. The van der Waals surface area contributed by atoms with E-state index >= 15 is 0 Å². The van der Waals surface area contributed by atoms with E-state index in [1.54, 1.807) is 26.0 Å². The van der Waals surface area contributed by atoms with E-state index in [9.17, 15) is 18.0 Å². The Morgan fingerprint density at radius 1 is 1.03 bits per heavy atom. The molecule has 156 valence electrons. The van der Waals surface area contributed by atoms with Crippen LogP contribution < -0.4 is 10.0 Å². The average Bonchev–Trinajstić information content (AvgIpc) is 2.68. The molecule has 29 heavy (non-hydrogen) atoms. The molecular formula is C20H24N2O6S. The standard InChI is InChI=1S/C20H24N2O6S/c1-13-5-6-16(20(24)28-4)11-18(13)21-19(23)15-7-9-17(10-8-15)29(25,26)22-14(2)12-27-3/h5-11,14,22H,12H2,1-4H3,(H,21,23)/t14-/m0/s1. The molecule has 0 spiro atoms. The van der Waals surface area contributed by atoms with Crippen LogP contribution in [-0.4, -0.2) is 47.2 Å². The number of hydrogen-bond acceptors (Lipinski definition) is 6. The third kappa shape index (κ3) is 5.86. The molecule has 2 aromatic carbocycles. The van der Waals surface area contributed by atoms with Crippen molar-refractivity contribution in [3.05, 3.63) is 59.2 Å². The lowest BCUT2D eigenvalue weighted by atomic mass is 10.1. The minimum absolute atomic E-state index is 0.0425. The lowest BCUT2D eigenvalue weighted by molar-refractivity contribution is 0.0600. The van der Waals surface area contributed by atoms with E-state index in [2.05, 4.69) is 14.8 Å². The Morgan fingerprint density at radius 3 is 2.24 bits per heavy atom. The molecule has 0 heterocycles. The Hall–Kier alpha value is -2.75. The Bertz CT molecular complexity index is 987. The van der Waals surface area contributed by atoms with Crippen molar-refractivity contribution < 1.29 is 27.5 Å². The molecule has 9 heteroatoms. The molecule has 2 aromatic rings. The van der Waals surface area contributed by atoms with Crippen LogP contribution >= 0.6 is 0 Å². The summed E-state index contributed by atoms with van der Waals surface area (Å²) in [5.41, 5.74) is 1.81. The molecule has 0 radical (unpaired) electrons. The van der Waals surface area contributed by atoms with Gasteiger partial charge in [0, 0.05) is 24.4 Å². The smallest absolute Gasteiger partial charge is 0.337 e. The molecule has 2 N–H and O–H groups in total. The van der Waals surface area contributed by atoms with Crippen molar-refractivity contribution in [2.45, 2.75) is 24.8 Å². The van der Waals surface area contributed by atoms with Gasteiger partial charge in [0.25, 0.3) is 5.91 Å². The summed E-state index contributed by atoms with van der Waals surface area (Å²) in [4.78, 5) is 24.3. The van der Waals surface area contributed by atoms with Gasteiger partial charge < -0.3 is 14.8 Å². The first kappa shape index (κ1) is 22.5. The van der Waals surface area contributed by atoms with E-state index in [4.69, 9.17) is 4.74 Å². The number of methoxy groups -OCH3 is 2. The molecule has 1 atom stereocenters. The van der Waals surface area contributed by atoms with Crippen LogP contribution in [0, 0.1) is 6.92 Å². The number of ether oxygens (including phenoxy) is 2. The number of nitrogens with one attached hydrogen (secondary N) is 2. The van der Waals surface area contributed by atoms with Gasteiger partial charge in [-0.15, -0.1) is 0 Å². The van der Waals surface area contributed by atoms with E-state index in [0.29, 0.717) is 11.3 Å². The second-order valence-electron chi connectivity index (χ2n) is 6.48. The van der Waals surface area contributed by atoms with Crippen LogP contribution in [0.3, 0.4) is 0 Å². The highest BCUT2D eigenvalue weighted by atomic mass is 32.2. The van der Waals surface area contributed by atoms with Gasteiger partial charge in [-0.05, 0) is 55.8 Å². The van der Waals surface area contributed by atoms with E-state index in [1.165, 1.54) is 44.6 Å². The minimum atomic E-state index is -3.72. The molecule has 0 aliphatic heterocycles. The van der Waals surface area contributed by atoms with Gasteiger partial charge in [0.2, 0.25) is 10.0 Å². The van der Waals surface area contributed by atoms with Gasteiger partial charge in [0.15, 0.2) is 0 Å². The lowest BCUT2D eigenvalue weighted by Gasteiger charge is -2.14. The number of esters is 1. The molecule has 0 bridgehead atoms. The lowest BCUT2D eigenvalue weighted by Crippen LogP contribution is -2.35. The quantitative estimate of drug-likeness (QED) is 0.634. The van der Waals surface area contributed by atoms with Gasteiger partial charge in [-0.1, -0.05) is 6.07 Å². The highest BCUT2D eigenvalue weighted by Gasteiger charge is 2.18. The predicted octanol–water partition coefficient (Wildman–Crippen LogP) is 2.35. The number of aryl methyl sites for hydroxylation is 1. The van der Waals surface area contributed by atoms with Crippen LogP contribution in [0.25, 0.3) is 0 Å². The molecule has 8 nitrogen and oxygen atoms in total. The molecule has 0 unspecified atom stereocenters. The number of benzene rings is 2. The van der Waals surface area contributed by atoms with Crippen molar-refractivity contribution in [2.24, 2.45) is 0 Å². The number of hydrogen-bond donors (Lipinski definition) is 2. The molecule has 1 amide bonds. The largest absolute Gasteiger partial charge is 0.465 e. The van der Waals surface area contributed by atoms with Gasteiger partial charge in [0.05, 0.1) is 24.2 Å². The molecule has 0 saturated carbocycles. The first-order chi connectivity index (χ1) is 13.7. The van der Waals surface area contributed by atoms with Crippen LogP contribution in [0.2, 0.25) is 0 Å². The van der Waals surface area contributed by atoms with Gasteiger partial charge in [-0.25, -0.2) is 17.9 Å². The number of anilines is 1. The topological polar surface area (TPSA) is 111 Å². The van der Waals surface area contributed by atoms with E-state index in [1.807, 2.05) is 0 Å². The van der Waals surface area contributed by atoms with Crippen LogP contribution in [-0.2, 0) is 19.5 Å². The predicted molar refractivity (Wildman–Crippen MR) is 109 cm³/mol. The number of carbonyl (C=O) groups excluding carboxylic acids is 2. The van der Waals surface area contributed by atoms with Crippen LogP contribution in [0.1, 0.15) is 33.2 Å². The molecular weight excluding hydrogens is 396 g/mol. The summed E-state index contributed by atoms with van der Waals surface area (Å²) in [5.74, 6) is -0.940. The second kappa shape index (κ2) is 9.64. The fourth-order valence-electron chi connectivity index (χ4n) is 2.60. The molecule has 0 aromatic heterocycles. The Balaban J connectivity index is 2.16. The maximum Gasteiger partial charge on any atom is 0.337 e. The molecule has 2 rings (SSSR count). The third-order valence-corrected chi connectivity index (χ3v) is 5.71. The fourth-order valence-corrected chi connectivity index (χ4v) is 3.83.